The van der Waals surface area contributed by atoms with Crippen LogP contribution in [0.25, 0.3) is 0 Å². The van der Waals surface area contributed by atoms with E-state index in [1.165, 1.54) is 0 Å². The number of nitrogens with zero attached hydrogens (tertiary/aromatic N) is 2. The number of hydrogen-bond donors (Lipinski definition) is 16. The molecule has 0 bridgehead atoms. The molecule has 0 aromatic rings. The maximum atomic E-state index is 13.7. The summed E-state index contributed by atoms with van der Waals surface area (Å²) in [4.78, 5) is 183. The Morgan fingerprint density at radius 1 is 0.494 bits per heavy atom. The number of primary amides is 2. The van der Waals surface area contributed by atoms with Crippen LogP contribution in [0.3, 0.4) is 0 Å². The van der Waals surface area contributed by atoms with Gasteiger partial charge in [0.15, 0.2) is 0 Å². The van der Waals surface area contributed by atoms with Crippen LogP contribution in [-0.2, 0) is 67.1 Å². The molecule has 11 atom stereocenters. The lowest BCUT2D eigenvalue weighted by molar-refractivity contribution is -0.143. The van der Waals surface area contributed by atoms with Crippen molar-refractivity contribution in [3.63, 3.8) is 0 Å². The lowest BCUT2D eigenvalue weighted by atomic mass is 10.0. The molecule has 2 saturated heterocycles. The summed E-state index contributed by atoms with van der Waals surface area (Å²) in [7, 11) is 0. The molecule has 32 heteroatoms. The molecule has 32 nitrogen and oxygen atoms in total. The van der Waals surface area contributed by atoms with Gasteiger partial charge in [0.2, 0.25) is 70.9 Å². The number of carboxylic acid groups (broad SMARTS) is 2. The van der Waals surface area contributed by atoms with E-state index in [1.807, 2.05) is 0 Å². The second-order valence-electron chi connectivity index (χ2n) is 18.9. The Morgan fingerprint density at radius 2 is 0.909 bits per heavy atom. The molecule has 0 aliphatic carbocycles. The van der Waals surface area contributed by atoms with Gasteiger partial charge in [-0.05, 0) is 64.7 Å². The molecule has 2 rings (SSSR count). The molecule has 0 unspecified atom stereocenters. The molecule has 2 fully saturated rings. The Kier molecular flexibility index (Phi) is 26.8. The second-order valence-corrected chi connectivity index (χ2v) is 18.9. The lowest BCUT2D eigenvalue weighted by Gasteiger charge is -2.29. The highest BCUT2D eigenvalue weighted by molar-refractivity contribution is 6.00. The average Bonchev–Trinajstić information content (AvgIpc) is 4.07. The number of aliphatic carboxylic acids is 2. The largest absolute Gasteiger partial charge is 0.481 e. The minimum atomic E-state index is -2.04. The topological polar surface area (TPSA) is 521 Å². The van der Waals surface area contributed by atoms with Crippen molar-refractivity contribution in [1.82, 2.24) is 52.3 Å². The fourth-order valence-corrected chi connectivity index (χ4v) is 8.10. The Hall–Kier alpha value is -7.58. The zero-order valence-electron chi connectivity index (χ0n) is 43.1. The van der Waals surface area contributed by atoms with E-state index in [2.05, 4.69) is 42.5 Å². The summed E-state index contributed by atoms with van der Waals surface area (Å²) in [6.07, 6.45) is -2.55. The van der Waals surface area contributed by atoms with Crippen LogP contribution in [0, 0.1) is 5.92 Å². The van der Waals surface area contributed by atoms with Crippen molar-refractivity contribution < 1.29 is 92.7 Å². The molecule has 19 N–H and O–H groups in total. The SMILES string of the molecule is CC(C)C[C@H](NC(=O)[C@@H]1CCCN1C(=O)[C@H](CO)NC(=O)[C@H](C)NC(=O)[C@H](CC(=O)O)NC(=O)[C@H](CCC(=O)O)NC(=O)[C@H](CCC(N)=O)NC(=O)[C@H](C)NC(=O)[C@H](CO)NC(=O)[C@@H]1CCCN1C(=O)[C@@H](N)CO)C(N)=O. The van der Waals surface area contributed by atoms with Crippen molar-refractivity contribution in [3.8, 4) is 0 Å². The number of carbonyl (C=O) groups is 14. The number of amides is 12. The Balaban J connectivity index is 2.21. The second kappa shape index (κ2) is 31.5. The number of rotatable bonds is 32. The number of nitrogens with two attached hydrogens (primary N) is 3. The van der Waals surface area contributed by atoms with Crippen LogP contribution in [0.4, 0.5) is 0 Å². The lowest BCUT2D eigenvalue weighted by Crippen LogP contribution is -2.60. The van der Waals surface area contributed by atoms with Crippen molar-refractivity contribution in [3.05, 3.63) is 0 Å². The first-order valence-electron chi connectivity index (χ1n) is 24.7. The highest BCUT2D eigenvalue weighted by Gasteiger charge is 2.41. The van der Waals surface area contributed by atoms with Crippen molar-refractivity contribution in [1.29, 1.82) is 0 Å². The molecule has 2 heterocycles. The van der Waals surface area contributed by atoms with Crippen molar-refractivity contribution in [2.75, 3.05) is 32.9 Å². The van der Waals surface area contributed by atoms with Crippen LogP contribution >= 0.6 is 0 Å². The van der Waals surface area contributed by atoms with Gasteiger partial charge in [-0.3, -0.25) is 67.1 Å². The first-order valence-corrected chi connectivity index (χ1v) is 24.7. The summed E-state index contributed by atoms with van der Waals surface area (Å²) in [6, 6.07) is -16.8. The molecule has 2 aliphatic rings. The van der Waals surface area contributed by atoms with E-state index in [4.69, 9.17) is 17.2 Å². The minimum Gasteiger partial charge on any atom is -0.481 e. The molecule has 2 aliphatic heterocycles. The third-order valence-corrected chi connectivity index (χ3v) is 12.3. The van der Waals surface area contributed by atoms with Gasteiger partial charge in [0, 0.05) is 25.9 Å². The molecule has 0 aromatic carbocycles. The fourth-order valence-electron chi connectivity index (χ4n) is 8.10. The summed E-state index contributed by atoms with van der Waals surface area (Å²) in [5.74, 6) is -15.4. The standard InChI is InChI=1S/C45H73N13O19/c1-20(2)15-26(35(48)67)53-42(74)31-8-6-14-58(31)45(77)29(19-61)56-37(69)22(4)49-40(72)27(16-34(65)66)54-39(71)25(10-12-33(63)64)52-38(70)24(9-11-32(47)62)51-36(68)21(3)50-41(73)28(18-60)55-43(75)30-7-5-13-57(30)44(76)23(46)17-59/h20-31,59-61H,5-19,46H2,1-4H3,(H2,47,62)(H2,48,67)(H,49,72)(H,50,73)(H,51,68)(H,52,70)(H,53,74)(H,54,71)(H,55,75)(H,56,69)(H,63,64)(H,65,66)/t21-,22-,23-,24-,25-,26-,27-,28-,29-,30-,31-/m0/s1. The molecular formula is C45H73N13O19. The van der Waals surface area contributed by atoms with Gasteiger partial charge in [-0.15, -0.1) is 0 Å². The number of carboxylic acids is 2. The molecule has 0 spiro atoms. The summed E-state index contributed by atoms with van der Waals surface area (Å²) >= 11 is 0. The van der Waals surface area contributed by atoms with Gasteiger partial charge in [-0.1, -0.05) is 13.8 Å². The van der Waals surface area contributed by atoms with Crippen molar-refractivity contribution >= 4 is 82.8 Å². The molecule has 12 amide bonds. The summed E-state index contributed by atoms with van der Waals surface area (Å²) < 4.78 is 0. The summed E-state index contributed by atoms with van der Waals surface area (Å²) in [5.41, 5.74) is 16.3. The highest BCUT2D eigenvalue weighted by atomic mass is 16.4. The van der Waals surface area contributed by atoms with E-state index < -0.39 is 201 Å². The zero-order chi connectivity index (χ0) is 58.4. The van der Waals surface area contributed by atoms with Gasteiger partial charge in [-0.2, -0.15) is 0 Å². The van der Waals surface area contributed by atoms with Crippen LogP contribution in [0.2, 0.25) is 0 Å². The van der Waals surface area contributed by atoms with Gasteiger partial charge < -0.3 is 95.1 Å². The summed E-state index contributed by atoms with van der Waals surface area (Å²) in [5, 5.41) is 66.3. The van der Waals surface area contributed by atoms with Gasteiger partial charge in [0.05, 0.1) is 26.2 Å². The maximum absolute atomic E-state index is 13.7. The fraction of sp³-hybridized carbons (Fsp3) is 0.689. The van der Waals surface area contributed by atoms with Crippen molar-refractivity contribution in [2.45, 2.75) is 158 Å². The first kappa shape index (κ1) is 65.5. The smallest absolute Gasteiger partial charge is 0.305 e. The third kappa shape index (κ3) is 20.8. The normalized spacial score (nSPS) is 18.6. The highest BCUT2D eigenvalue weighted by Crippen LogP contribution is 2.21. The number of aliphatic hydroxyl groups excluding tert-OH is 3. The number of carbonyl (C=O) groups excluding carboxylic acids is 12. The number of likely N-dealkylation sites (tertiary alicyclic amines) is 2. The molecule has 0 aromatic heterocycles. The van der Waals surface area contributed by atoms with E-state index in [9.17, 15) is 92.7 Å². The third-order valence-electron chi connectivity index (χ3n) is 12.3. The minimum absolute atomic E-state index is 0.0286. The van der Waals surface area contributed by atoms with Gasteiger partial charge in [0.25, 0.3) is 0 Å². The van der Waals surface area contributed by atoms with E-state index in [-0.39, 0.29) is 38.3 Å². The number of aliphatic hydroxyl groups is 3. The summed E-state index contributed by atoms with van der Waals surface area (Å²) in [6.45, 7) is 3.28. The van der Waals surface area contributed by atoms with E-state index in [0.29, 0.717) is 12.8 Å². The van der Waals surface area contributed by atoms with Gasteiger partial charge >= 0.3 is 11.9 Å². The number of nitrogens with one attached hydrogen (secondary N) is 8. The molecular weight excluding hydrogens is 1030 g/mol. The predicted octanol–water partition coefficient (Wildman–Crippen LogP) is -8.67. The quantitative estimate of drug-likeness (QED) is 0.0297. The Bertz CT molecular complexity index is 2200. The zero-order valence-corrected chi connectivity index (χ0v) is 43.1. The van der Waals surface area contributed by atoms with E-state index in [1.54, 1.807) is 13.8 Å². The monoisotopic (exact) mass is 1100 g/mol. The van der Waals surface area contributed by atoms with Crippen LogP contribution in [0.15, 0.2) is 0 Å². The Labute approximate surface area is 441 Å². The average molecular weight is 1100 g/mol. The van der Waals surface area contributed by atoms with Crippen LogP contribution < -0.4 is 59.7 Å². The molecule has 0 saturated carbocycles. The van der Waals surface area contributed by atoms with Crippen LogP contribution in [0.1, 0.15) is 91.9 Å². The maximum Gasteiger partial charge on any atom is 0.305 e. The predicted molar refractivity (Wildman–Crippen MR) is 262 cm³/mol. The van der Waals surface area contributed by atoms with Crippen LogP contribution in [0.5, 0.6) is 0 Å². The number of hydrogen-bond acceptors (Lipinski definition) is 18. The van der Waals surface area contributed by atoms with Crippen molar-refractivity contribution in [2.24, 2.45) is 23.1 Å². The van der Waals surface area contributed by atoms with E-state index >= 15 is 0 Å². The van der Waals surface area contributed by atoms with Gasteiger partial charge in [0.1, 0.15) is 66.5 Å². The molecule has 77 heavy (non-hydrogen) atoms. The van der Waals surface area contributed by atoms with Gasteiger partial charge in [-0.25, -0.2) is 0 Å². The van der Waals surface area contributed by atoms with E-state index in [0.717, 1.165) is 23.6 Å². The molecule has 432 valence electrons. The van der Waals surface area contributed by atoms with Crippen LogP contribution in [-0.4, -0.2) is 218 Å². The Morgan fingerprint density at radius 3 is 1.34 bits per heavy atom. The molecule has 0 radical (unpaired) electrons. The first-order chi connectivity index (χ1) is 36.1.